The summed E-state index contributed by atoms with van der Waals surface area (Å²) in [4.78, 5) is 25.3. The molecule has 1 aliphatic rings. The van der Waals surface area contributed by atoms with Crippen LogP contribution in [0, 0.1) is 0 Å². The highest BCUT2D eigenvalue weighted by molar-refractivity contribution is 5.79. The first kappa shape index (κ1) is 18.2. The molecule has 1 aliphatic heterocycles. The second kappa shape index (κ2) is 9.89. The van der Waals surface area contributed by atoms with Crippen LogP contribution in [0.4, 0.5) is 4.79 Å². The molecule has 2 N–H and O–H groups in total. The minimum absolute atomic E-state index is 0.118. The number of morpholine rings is 1. The molecule has 0 aromatic heterocycles. The lowest BCUT2D eigenvalue weighted by Gasteiger charge is -2.26. The number of amides is 1. The number of carboxylic acid groups (broad SMARTS) is 1. The van der Waals surface area contributed by atoms with E-state index in [0.717, 1.165) is 25.2 Å². The fraction of sp³-hybridized carbons (Fsp3) is 0.529. The van der Waals surface area contributed by atoms with Crippen LogP contribution >= 0.6 is 0 Å². The number of aliphatic carboxylic acids is 1. The number of alkyl carbamates (subject to hydrolysis) is 1. The van der Waals surface area contributed by atoms with E-state index in [4.69, 9.17) is 9.47 Å². The third-order valence-corrected chi connectivity index (χ3v) is 3.87. The minimum Gasteiger partial charge on any atom is -0.480 e. The van der Waals surface area contributed by atoms with Gasteiger partial charge < -0.3 is 19.9 Å². The van der Waals surface area contributed by atoms with Gasteiger partial charge >= 0.3 is 12.1 Å². The number of hydrogen-bond donors (Lipinski definition) is 2. The highest BCUT2D eigenvalue weighted by Crippen LogP contribution is 2.05. The summed E-state index contributed by atoms with van der Waals surface area (Å²) in [7, 11) is 0. The van der Waals surface area contributed by atoms with Gasteiger partial charge in [-0.15, -0.1) is 0 Å². The first-order valence-electron chi connectivity index (χ1n) is 8.15. The van der Waals surface area contributed by atoms with Gasteiger partial charge in [0, 0.05) is 13.1 Å². The van der Waals surface area contributed by atoms with Crippen molar-refractivity contribution in [1.29, 1.82) is 0 Å². The lowest BCUT2D eigenvalue weighted by atomic mass is 10.1. The Labute approximate surface area is 141 Å². The lowest BCUT2D eigenvalue weighted by molar-refractivity contribution is -0.139. The molecule has 0 saturated carbocycles. The van der Waals surface area contributed by atoms with Crippen LogP contribution in [0.3, 0.4) is 0 Å². The molecule has 2 rings (SSSR count). The van der Waals surface area contributed by atoms with Gasteiger partial charge in [-0.1, -0.05) is 30.3 Å². The first-order chi connectivity index (χ1) is 11.6. The Bertz CT molecular complexity index is 517. The zero-order valence-corrected chi connectivity index (χ0v) is 13.6. The predicted molar refractivity (Wildman–Crippen MR) is 87.7 cm³/mol. The monoisotopic (exact) mass is 336 g/mol. The molecule has 1 unspecified atom stereocenters. The summed E-state index contributed by atoms with van der Waals surface area (Å²) >= 11 is 0. The van der Waals surface area contributed by atoms with Gasteiger partial charge in [0.1, 0.15) is 12.6 Å². The van der Waals surface area contributed by atoms with Crippen molar-refractivity contribution in [2.45, 2.75) is 25.5 Å². The molecule has 1 atom stereocenters. The molecule has 1 amide bonds. The van der Waals surface area contributed by atoms with E-state index in [2.05, 4.69) is 10.2 Å². The normalized spacial score (nSPS) is 16.3. The van der Waals surface area contributed by atoms with Crippen LogP contribution in [0.1, 0.15) is 18.4 Å². The zero-order chi connectivity index (χ0) is 17.2. The van der Waals surface area contributed by atoms with E-state index in [-0.39, 0.29) is 6.61 Å². The first-order valence-corrected chi connectivity index (χ1v) is 8.15. The standard InChI is InChI=1S/C17H24N2O5/c20-16(21)15(7-4-8-19-9-11-23-12-10-19)18-17(22)24-13-14-5-2-1-3-6-14/h1-3,5-6,15H,4,7-13H2,(H,18,22)(H,20,21). The molecule has 1 saturated heterocycles. The van der Waals surface area contributed by atoms with Gasteiger partial charge in [0.25, 0.3) is 0 Å². The van der Waals surface area contributed by atoms with Crippen molar-refractivity contribution in [3.05, 3.63) is 35.9 Å². The maximum atomic E-state index is 11.8. The van der Waals surface area contributed by atoms with Crippen LogP contribution < -0.4 is 5.32 Å². The van der Waals surface area contributed by atoms with Crippen LogP contribution in [0.25, 0.3) is 0 Å². The molecule has 1 fully saturated rings. The molecular weight excluding hydrogens is 312 g/mol. The van der Waals surface area contributed by atoms with E-state index >= 15 is 0 Å². The molecule has 0 radical (unpaired) electrons. The van der Waals surface area contributed by atoms with Gasteiger partial charge in [-0.05, 0) is 24.9 Å². The quantitative estimate of drug-likeness (QED) is 0.747. The number of ether oxygens (including phenoxy) is 2. The van der Waals surface area contributed by atoms with Crippen LogP contribution in [0.5, 0.6) is 0 Å². The summed E-state index contributed by atoms with van der Waals surface area (Å²) in [6, 6.07) is 8.31. The van der Waals surface area contributed by atoms with Crippen LogP contribution in [-0.4, -0.2) is 61.0 Å². The van der Waals surface area contributed by atoms with Gasteiger partial charge in [0.05, 0.1) is 13.2 Å². The van der Waals surface area contributed by atoms with Crippen molar-refractivity contribution < 1.29 is 24.2 Å². The molecule has 24 heavy (non-hydrogen) atoms. The molecule has 7 heteroatoms. The molecule has 7 nitrogen and oxygen atoms in total. The number of rotatable bonds is 8. The predicted octanol–water partition coefficient (Wildman–Crippen LogP) is 1.48. The Morgan fingerprint density at radius 2 is 1.96 bits per heavy atom. The van der Waals surface area contributed by atoms with E-state index in [1.165, 1.54) is 0 Å². The highest BCUT2D eigenvalue weighted by atomic mass is 16.5. The Hall–Kier alpha value is -2.12. The molecule has 1 aromatic rings. The molecule has 0 bridgehead atoms. The summed E-state index contributed by atoms with van der Waals surface area (Å²) < 4.78 is 10.3. The number of hydrogen-bond acceptors (Lipinski definition) is 5. The third kappa shape index (κ3) is 6.55. The largest absolute Gasteiger partial charge is 0.480 e. The number of nitrogens with one attached hydrogen (secondary N) is 1. The van der Waals surface area contributed by atoms with Crippen molar-refractivity contribution in [1.82, 2.24) is 10.2 Å². The molecule has 0 spiro atoms. The van der Waals surface area contributed by atoms with E-state index in [9.17, 15) is 14.7 Å². The summed E-state index contributed by atoms with van der Waals surface area (Å²) in [5.41, 5.74) is 0.854. The molecule has 1 aromatic carbocycles. The molecule has 1 heterocycles. The van der Waals surface area contributed by atoms with Gasteiger partial charge in [0.15, 0.2) is 0 Å². The topological polar surface area (TPSA) is 88.1 Å². The van der Waals surface area contributed by atoms with Gasteiger partial charge in [0.2, 0.25) is 0 Å². The maximum absolute atomic E-state index is 11.8. The second-order valence-corrected chi connectivity index (χ2v) is 5.69. The number of carboxylic acids is 1. The van der Waals surface area contributed by atoms with Crippen molar-refractivity contribution in [2.75, 3.05) is 32.8 Å². The number of carbonyl (C=O) groups excluding carboxylic acids is 1. The minimum atomic E-state index is -1.05. The van der Waals surface area contributed by atoms with E-state index in [0.29, 0.717) is 26.1 Å². The Morgan fingerprint density at radius 3 is 2.62 bits per heavy atom. The van der Waals surface area contributed by atoms with Crippen molar-refractivity contribution in [3.8, 4) is 0 Å². The lowest BCUT2D eigenvalue weighted by Crippen LogP contribution is -2.42. The number of benzene rings is 1. The average Bonchev–Trinajstić information content (AvgIpc) is 2.61. The van der Waals surface area contributed by atoms with E-state index in [1.807, 2.05) is 30.3 Å². The average molecular weight is 336 g/mol. The Balaban J connectivity index is 1.69. The van der Waals surface area contributed by atoms with Crippen LogP contribution in [-0.2, 0) is 20.9 Å². The SMILES string of the molecule is O=C(NC(CCCN1CCOCC1)C(=O)O)OCc1ccccc1. The van der Waals surface area contributed by atoms with E-state index < -0.39 is 18.1 Å². The third-order valence-electron chi connectivity index (χ3n) is 3.87. The van der Waals surface area contributed by atoms with Crippen molar-refractivity contribution in [2.24, 2.45) is 0 Å². The van der Waals surface area contributed by atoms with Crippen molar-refractivity contribution in [3.63, 3.8) is 0 Å². The van der Waals surface area contributed by atoms with Gasteiger partial charge in [-0.3, -0.25) is 4.90 Å². The molecule has 0 aliphatic carbocycles. The maximum Gasteiger partial charge on any atom is 0.408 e. The fourth-order valence-corrected chi connectivity index (χ4v) is 2.51. The Kier molecular flexibility index (Phi) is 7.51. The summed E-state index contributed by atoms with van der Waals surface area (Å²) in [6.07, 6.45) is 0.348. The molecular formula is C17H24N2O5. The van der Waals surface area contributed by atoms with Crippen LogP contribution in [0.2, 0.25) is 0 Å². The second-order valence-electron chi connectivity index (χ2n) is 5.69. The molecule has 132 valence electrons. The smallest absolute Gasteiger partial charge is 0.408 e. The highest BCUT2D eigenvalue weighted by Gasteiger charge is 2.21. The number of carbonyl (C=O) groups is 2. The zero-order valence-electron chi connectivity index (χ0n) is 13.6. The fourth-order valence-electron chi connectivity index (χ4n) is 2.51. The van der Waals surface area contributed by atoms with Gasteiger partial charge in [-0.2, -0.15) is 0 Å². The Morgan fingerprint density at radius 1 is 1.25 bits per heavy atom. The van der Waals surface area contributed by atoms with Crippen LogP contribution in [0.15, 0.2) is 30.3 Å². The number of nitrogens with zero attached hydrogens (tertiary/aromatic N) is 1. The summed E-state index contributed by atoms with van der Waals surface area (Å²) in [5, 5.41) is 11.7. The van der Waals surface area contributed by atoms with Crippen molar-refractivity contribution >= 4 is 12.1 Å². The van der Waals surface area contributed by atoms with E-state index in [1.54, 1.807) is 0 Å². The summed E-state index contributed by atoms with van der Waals surface area (Å²) in [5.74, 6) is -1.05. The van der Waals surface area contributed by atoms with Gasteiger partial charge in [-0.25, -0.2) is 9.59 Å². The summed E-state index contributed by atoms with van der Waals surface area (Å²) in [6.45, 7) is 4.08.